The highest BCUT2D eigenvalue weighted by Gasteiger charge is 2.00. The summed E-state index contributed by atoms with van der Waals surface area (Å²) in [6.07, 6.45) is 0.0332. The molecule has 0 saturated heterocycles. The Morgan fingerprint density at radius 1 is 1.40 bits per heavy atom. The first-order chi connectivity index (χ1) is 7.08. The molecule has 0 fully saturated rings. The third-order valence-electron chi connectivity index (χ3n) is 1.67. The first-order valence-corrected chi connectivity index (χ1v) is 5.14. The van der Waals surface area contributed by atoms with Gasteiger partial charge in [0.15, 0.2) is 0 Å². The molecule has 3 nitrogen and oxygen atoms in total. The predicted molar refractivity (Wildman–Crippen MR) is 61.3 cm³/mol. The van der Waals surface area contributed by atoms with E-state index in [2.05, 4.69) is 22.5 Å². The molecule has 0 unspecified atom stereocenters. The van der Waals surface area contributed by atoms with Gasteiger partial charge in [-0.15, -0.1) is 0 Å². The lowest BCUT2D eigenvalue weighted by atomic mass is 10.1. The third kappa shape index (κ3) is 4.65. The minimum absolute atomic E-state index is 0.0332. The minimum atomic E-state index is -0.836. The fraction of sp³-hybridized carbons (Fsp3) is 0.182. The largest absolute Gasteiger partial charge is 0.488 e. The fourth-order valence-corrected chi connectivity index (χ4v) is 1.15. The number of ether oxygens (including phenoxy) is 1. The van der Waals surface area contributed by atoms with E-state index in [1.165, 1.54) is 0 Å². The van der Waals surface area contributed by atoms with Crippen LogP contribution in [-0.4, -0.2) is 17.7 Å². The van der Waals surface area contributed by atoms with Gasteiger partial charge in [-0.25, -0.2) is 0 Å². The minimum Gasteiger partial charge on any atom is -0.488 e. The molecule has 4 heteroatoms. The zero-order valence-corrected chi connectivity index (χ0v) is 9.66. The van der Waals surface area contributed by atoms with Crippen LogP contribution >= 0.6 is 15.9 Å². The fourth-order valence-electron chi connectivity index (χ4n) is 1.04. The van der Waals surface area contributed by atoms with Crippen LogP contribution in [0.1, 0.15) is 5.56 Å². The van der Waals surface area contributed by atoms with Gasteiger partial charge in [0.2, 0.25) is 0 Å². The van der Waals surface area contributed by atoms with Crippen LogP contribution in [0.2, 0.25) is 0 Å². The molecule has 0 aliphatic heterocycles. The maximum absolute atomic E-state index is 10.4. The summed E-state index contributed by atoms with van der Waals surface area (Å²) in [5, 5.41) is 8.56. The van der Waals surface area contributed by atoms with Gasteiger partial charge in [0.25, 0.3) is 0 Å². The molecule has 0 amide bonds. The summed E-state index contributed by atoms with van der Waals surface area (Å²) < 4.78 is 6.09. The van der Waals surface area contributed by atoms with Crippen LogP contribution in [0.5, 0.6) is 5.75 Å². The second-order valence-electron chi connectivity index (χ2n) is 3.02. The van der Waals surface area contributed by atoms with Gasteiger partial charge < -0.3 is 9.84 Å². The number of carboxylic acid groups (broad SMARTS) is 1. The Bertz CT molecular complexity index is 357. The standard InChI is InChI=1S/C11H11BrO3/c1-8(12)7-15-10-4-2-9(3-5-10)6-11(13)14/h2-5H,1,6-7H2,(H,13,14). The van der Waals surface area contributed by atoms with Gasteiger partial charge in [-0.05, 0) is 17.7 Å². The van der Waals surface area contributed by atoms with Crippen LogP contribution in [0.4, 0.5) is 0 Å². The maximum Gasteiger partial charge on any atom is 0.307 e. The first-order valence-electron chi connectivity index (χ1n) is 4.35. The molecule has 0 radical (unpaired) electrons. The number of halogens is 1. The molecule has 1 aromatic carbocycles. The Morgan fingerprint density at radius 3 is 2.47 bits per heavy atom. The summed E-state index contributed by atoms with van der Waals surface area (Å²) in [5.74, 6) is -0.137. The summed E-state index contributed by atoms with van der Waals surface area (Å²) in [4.78, 5) is 10.4. The number of hydrogen-bond acceptors (Lipinski definition) is 2. The molecule has 1 N–H and O–H groups in total. The monoisotopic (exact) mass is 270 g/mol. The maximum atomic E-state index is 10.4. The van der Waals surface area contributed by atoms with Crippen LogP contribution in [0.15, 0.2) is 35.3 Å². The van der Waals surface area contributed by atoms with Crippen LogP contribution in [-0.2, 0) is 11.2 Å². The summed E-state index contributed by atoms with van der Waals surface area (Å²) in [6, 6.07) is 6.96. The van der Waals surface area contributed by atoms with Crippen molar-refractivity contribution in [2.45, 2.75) is 6.42 Å². The lowest BCUT2D eigenvalue weighted by Crippen LogP contribution is -2.00. The smallest absolute Gasteiger partial charge is 0.307 e. The second-order valence-corrected chi connectivity index (χ2v) is 4.14. The lowest BCUT2D eigenvalue weighted by molar-refractivity contribution is -0.136. The van der Waals surface area contributed by atoms with E-state index in [0.29, 0.717) is 12.4 Å². The Balaban J connectivity index is 2.56. The van der Waals surface area contributed by atoms with Crippen LogP contribution in [0.3, 0.4) is 0 Å². The van der Waals surface area contributed by atoms with Crippen molar-refractivity contribution in [1.82, 2.24) is 0 Å². The zero-order valence-electron chi connectivity index (χ0n) is 8.07. The van der Waals surface area contributed by atoms with E-state index >= 15 is 0 Å². The van der Waals surface area contributed by atoms with E-state index in [-0.39, 0.29) is 6.42 Å². The predicted octanol–water partition coefficient (Wildman–Crippen LogP) is 2.60. The number of hydrogen-bond donors (Lipinski definition) is 1. The van der Waals surface area contributed by atoms with Crippen molar-refractivity contribution < 1.29 is 14.6 Å². The highest BCUT2D eigenvalue weighted by Crippen LogP contribution is 2.14. The van der Waals surface area contributed by atoms with Crippen molar-refractivity contribution in [2.75, 3.05) is 6.61 Å². The third-order valence-corrected chi connectivity index (χ3v) is 1.90. The van der Waals surface area contributed by atoms with Crippen LogP contribution < -0.4 is 4.74 Å². The van der Waals surface area contributed by atoms with Gasteiger partial charge >= 0.3 is 5.97 Å². The van der Waals surface area contributed by atoms with Gasteiger partial charge in [-0.3, -0.25) is 4.79 Å². The summed E-state index contributed by atoms with van der Waals surface area (Å²) >= 11 is 3.18. The highest BCUT2D eigenvalue weighted by atomic mass is 79.9. The molecule has 0 atom stereocenters. The van der Waals surface area contributed by atoms with Gasteiger partial charge in [0.1, 0.15) is 12.4 Å². The van der Waals surface area contributed by atoms with E-state index in [4.69, 9.17) is 9.84 Å². The summed E-state index contributed by atoms with van der Waals surface area (Å²) in [5.41, 5.74) is 0.757. The number of aliphatic carboxylic acids is 1. The molecule has 1 rings (SSSR count). The first kappa shape index (κ1) is 11.8. The van der Waals surface area contributed by atoms with E-state index in [9.17, 15) is 4.79 Å². The number of carbonyl (C=O) groups is 1. The second kappa shape index (κ2) is 5.56. The lowest BCUT2D eigenvalue weighted by Gasteiger charge is -2.05. The van der Waals surface area contributed by atoms with E-state index in [1.807, 2.05) is 0 Å². The molecule has 1 aromatic rings. The molecule has 15 heavy (non-hydrogen) atoms. The summed E-state index contributed by atoms with van der Waals surface area (Å²) in [7, 11) is 0. The molecular weight excluding hydrogens is 260 g/mol. The average Bonchev–Trinajstić information content (AvgIpc) is 2.16. The van der Waals surface area contributed by atoms with E-state index in [0.717, 1.165) is 10.0 Å². The quantitative estimate of drug-likeness (QED) is 0.895. The average molecular weight is 271 g/mol. The Hall–Kier alpha value is -1.29. The molecule has 80 valence electrons. The van der Waals surface area contributed by atoms with E-state index < -0.39 is 5.97 Å². The van der Waals surface area contributed by atoms with Gasteiger partial charge in [0, 0.05) is 4.48 Å². The molecule has 0 aliphatic carbocycles. The number of benzene rings is 1. The topological polar surface area (TPSA) is 46.5 Å². The number of rotatable bonds is 5. The normalized spacial score (nSPS) is 9.67. The van der Waals surface area contributed by atoms with Crippen LogP contribution in [0, 0.1) is 0 Å². The Kier molecular flexibility index (Phi) is 4.37. The molecule has 0 aromatic heterocycles. The molecule has 0 aliphatic rings. The molecule has 0 bridgehead atoms. The summed E-state index contributed by atoms with van der Waals surface area (Å²) in [6.45, 7) is 4.04. The molecule has 0 heterocycles. The Morgan fingerprint density at radius 2 is 2.00 bits per heavy atom. The van der Waals surface area contributed by atoms with E-state index in [1.54, 1.807) is 24.3 Å². The Labute approximate surface area is 96.5 Å². The van der Waals surface area contributed by atoms with Crippen molar-refractivity contribution >= 4 is 21.9 Å². The molecular formula is C11H11BrO3. The van der Waals surface area contributed by atoms with Crippen molar-refractivity contribution in [3.63, 3.8) is 0 Å². The van der Waals surface area contributed by atoms with Crippen molar-refractivity contribution in [3.8, 4) is 5.75 Å². The molecule has 0 spiro atoms. The van der Waals surface area contributed by atoms with Crippen LogP contribution in [0.25, 0.3) is 0 Å². The van der Waals surface area contributed by atoms with Gasteiger partial charge in [0.05, 0.1) is 6.42 Å². The molecule has 0 saturated carbocycles. The van der Waals surface area contributed by atoms with Crippen molar-refractivity contribution in [3.05, 3.63) is 40.9 Å². The van der Waals surface area contributed by atoms with Crippen molar-refractivity contribution in [1.29, 1.82) is 0 Å². The van der Waals surface area contributed by atoms with Crippen molar-refractivity contribution in [2.24, 2.45) is 0 Å². The zero-order chi connectivity index (χ0) is 11.3. The van der Waals surface area contributed by atoms with Gasteiger partial charge in [-0.1, -0.05) is 34.6 Å². The van der Waals surface area contributed by atoms with Gasteiger partial charge in [-0.2, -0.15) is 0 Å². The highest BCUT2D eigenvalue weighted by molar-refractivity contribution is 9.11. The SMILES string of the molecule is C=C(Br)COc1ccc(CC(=O)O)cc1. The number of carboxylic acids is 1.